The first-order chi connectivity index (χ1) is 8.85. The molecule has 0 aromatic carbocycles. The summed E-state index contributed by atoms with van der Waals surface area (Å²) in [6.45, 7) is 1.10. The van der Waals surface area contributed by atoms with Crippen LogP contribution in [0.1, 0.15) is 13.3 Å². The van der Waals surface area contributed by atoms with Gasteiger partial charge in [0.2, 0.25) is 11.8 Å². The van der Waals surface area contributed by atoms with Gasteiger partial charge in [0, 0.05) is 19.5 Å². The first kappa shape index (κ1) is 14.9. The summed E-state index contributed by atoms with van der Waals surface area (Å²) in [5.74, 6) is -4.01. The number of carboxylic acid groups (broad SMARTS) is 2. The molecule has 19 heavy (non-hydrogen) atoms. The fraction of sp³-hybridized carbons (Fsp3) is 0.636. The molecule has 0 bridgehead atoms. The molecule has 1 heterocycles. The van der Waals surface area contributed by atoms with Crippen LogP contribution in [0.15, 0.2) is 0 Å². The van der Waals surface area contributed by atoms with Gasteiger partial charge in [-0.05, 0) is 6.92 Å². The Kier molecular flexibility index (Phi) is 4.85. The van der Waals surface area contributed by atoms with Gasteiger partial charge in [0.15, 0.2) is 0 Å². The summed E-state index contributed by atoms with van der Waals surface area (Å²) in [5.41, 5.74) is 0. The average molecular weight is 272 g/mol. The fourth-order valence-electron chi connectivity index (χ4n) is 2.04. The van der Waals surface area contributed by atoms with Crippen molar-refractivity contribution >= 4 is 23.8 Å². The number of amides is 2. The first-order valence-corrected chi connectivity index (χ1v) is 5.85. The van der Waals surface area contributed by atoms with E-state index in [1.807, 2.05) is 0 Å². The standard InChI is InChI=1S/C11H16N2O6/c1-2-12-4-7(3-8(12)14)11(19)13(5-9(15)16)6-10(17)18/h7H,2-6H2,1H3,(H,15,16)(H,17,18). The fourth-order valence-corrected chi connectivity index (χ4v) is 2.04. The van der Waals surface area contributed by atoms with Crippen molar-refractivity contribution in [2.75, 3.05) is 26.2 Å². The maximum absolute atomic E-state index is 12.0. The number of aliphatic carboxylic acids is 2. The summed E-state index contributed by atoms with van der Waals surface area (Å²) in [7, 11) is 0. The van der Waals surface area contributed by atoms with Crippen LogP contribution in [-0.2, 0) is 19.2 Å². The molecule has 0 spiro atoms. The lowest BCUT2D eigenvalue weighted by molar-refractivity contribution is -0.151. The van der Waals surface area contributed by atoms with Gasteiger partial charge < -0.3 is 20.0 Å². The van der Waals surface area contributed by atoms with E-state index >= 15 is 0 Å². The Bertz CT molecular complexity index is 392. The monoisotopic (exact) mass is 272 g/mol. The predicted molar refractivity (Wildman–Crippen MR) is 62.2 cm³/mol. The molecule has 8 nitrogen and oxygen atoms in total. The minimum atomic E-state index is -1.29. The van der Waals surface area contributed by atoms with Crippen molar-refractivity contribution in [3.05, 3.63) is 0 Å². The van der Waals surface area contributed by atoms with E-state index in [4.69, 9.17) is 10.2 Å². The van der Waals surface area contributed by atoms with Gasteiger partial charge in [-0.3, -0.25) is 19.2 Å². The summed E-state index contributed by atoms with van der Waals surface area (Å²) in [5, 5.41) is 17.3. The van der Waals surface area contributed by atoms with Crippen molar-refractivity contribution < 1.29 is 29.4 Å². The zero-order valence-corrected chi connectivity index (χ0v) is 10.5. The molecule has 0 aromatic heterocycles. The van der Waals surface area contributed by atoms with E-state index in [1.54, 1.807) is 6.92 Å². The molecule has 1 aliphatic rings. The number of carbonyl (C=O) groups is 4. The van der Waals surface area contributed by atoms with Crippen molar-refractivity contribution in [1.29, 1.82) is 0 Å². The van der Waals surface area contributed by atoms with Crippen LogP contribution in [0.2, 0.25) is 0 Å². The molecule has 0 aliphatic carbocycles. The van der Waals surface area contributed by atoms with Crippen LogP contribution >= 0.6 is 0 Å². The van der Waals surface area contributed by atoms with E-state index in [-0.39, 0.29) is 18.9 Å². The lowest BCUT2D eigenvalue weighted by Crippen LogP contribution is -2.43. The molecule has 106 valence electrons. The molecule has 1 fully saturated rings. The van der Waals surface area contributed by atoms with Crippen LogP contribution in [0.3, 0.4) is 0 Å². The Hall–Kier alpha value is -2.12. The van der Waals surface area contributed by atoms with Crippen LogP contribution in [-0.4, -0.2) is 69.9 Å². The summed E-state index contributed by atoms with van der Waals surface area (Å²) in [6.07, 6.45) is 0.00239. The van der Waals surface area contributed by atoms with Gasteiger partial charge in [-0.25, -0.2) is 0 Å². The molecule has 1 rings (SSSR count). The summed E-state index contributed by atoms with van der Waals surface area (Å²) in [6, 6.07) is 0. The topological polar surface area (TPSA) is 115 Å². The van der Waals surface area contributed by atoms with Crippen molar-refractivity contribution in [3.8, 4) is 0 Å². The van der Waals surface area contributed by atoms with Gasteiger partial charge in [-0.1, -0.05) is 0 Å². The molecule has 1 unspecified atom stereocenters. The van der Waals surface area contributed by atoms with Crippen molar-refractivity contribution in [1.82, 2.24) is 9.80 Å². The van der Waals surface area contributed by atoms with Gasteiger partial charge in [0.25, 0.3) is 0 Å². The number of hydrogen-bond donors (Lipinski definition) is 2. The molecular formula is C11H16N2O6. The molecule has 2 amide bonds. The number of carbonyl (C=O) groups excluding carboxylic acids is 2. The second kappa shape index (κ2) is 6.17. The third-order valence-electron chi connectivity index (χ3n) is 2.91. The Balaban J connectivity index is 2.74. The molecule has 1 atom stereocenters. The average Bonchev–Trinajstić information content (AvgIpc) is 2.67. The largest absolute Gasteiger partial charge is 0.480 e. The number of nitrogens with zero attached hydrogens (tertiary/aromatic N) is 2. The zero-order chi connectivity index (χ0) is 14.6. The van der Waals surface area contributed by atoms with Crippen LogP contribution in [0.25, 0.3) is 0 Å². The lowest BCUT2D eigenvalue weighted by Gasteiger charge is -2.22. The Morgan fingerprint density at radius 1 is 1.26 bits per heavy atom. The highest BCUT2D eigenvalue weighted by molar-refractivity contribution is 5.92. The molecule has 0 aromatic rings. The molecule has 2 N–H and O–H groups in total. The van der Waals surface area contributed by atoms with Gasteiger partial charge in [0.05, 0.1) is 5.92 Å². The van der Waals surface area contributed by atoms with Crippen LogP contribution in [0.4, 0.5) is 0 Å². The van der Waals surface area contributed by atoms with E-state index in [0.717, 1.165) is 4.90 Å². The SMILES string of the molecule is CCN1CC(C(=O)N(CC(=O)O)CC(=O)O)CC1=O. The first-order valence-electron chi connectivity index (χ1n) is 5.85. The van der Waals surface area contributed by atoms with Crippen molar-refractivity contribution in [2.45, 2.75) is 13.3 Å². The maximum atomic E-state index is 12.0. The minimum absolute atomic E-state index is 0.00239. The number of carboxylic acids is 2. The number of hydrogen-bond acceptors (Lipinski definition) is 4. The Morgan fingerprint density at radius 3 is 2.16 bits per heavy atom. The van der Waals surface area contributed by atoms with Gasteiger partial charge in [-0.2, -0.15) is 0 Å². The highest BCUT2D eigenvalue weighted by Gasteiger charge is 2.36. The molecule has 0 saturated carbocycles. The van der Waals surface area contributed by atoms with E-state index in [2.05, 4.69) is 0 Å². The zero-order valence-electron chi connectivity index (χ0n) is 10.5. The highest BCUT2D eigenvalue weighted by Crippen LogP contribution is 2.19. The van der Waals surface area contributed by atoms with E-state index < -0.39 is 36.9 Å². The summed E-state index contributed by atoms with van der Waals surface area (Å²) >= 11 is 0. The Labute approximate surface area is 109 Å². The smallest absolute Gasteiger partial charge is 0.323 e. The van der Waals surface area contributed by atoms with Gasteiger partial charge in [-0.15, -0.1) is 0 Å². The lowest BCUT2D eigenvalue weighted by atomic mass is 10.1. The molecule has 0 radical (unpaired) electrons. The van der Waals surface area contributed by atoms with Crippen molar-refractivity contribution in [2.24, 2.45) is 5.92 Å². The molecule has 1 saturated heterocycles. The van der Waals surface area contributed by atoms with Gasteiger partial charge in [0.1, 0.15) is 13.1 Å². The summed E-state index contributed by atoms with van der Waals surface area (Å²) in [4.78, 5) is 47.1. The summed E-state index contributed by atoms with van der Waals surface area (Å²) < 4.78 is 0. The number of likely N-dealkylation sites (tertiary alicyclic amines) is 1. The van der Waals surface area contributed by atoms with Gasteiger partial charge >= 0.3 is 11.9 Å². The normalized spacial score (nSPS) is 18.5. The third-order valence-corrected chi connectivity index (χ3v) is 2.91. The minimum Gasteiger partial charge on any atom is -0.480 e. The Morgan fingerprint density at radius 2 is 1.79 bits per heavy atom. The van der Waals surface area contributed by atoms with Crippen LogP contribution < -0.4 is 0 Å². The number of rotatable bonds is 6. The second-order valence-electron chi connectivity index (χ2n) is 4.32. The van der Waals surface area contributed by atoms with Crippen LogP contribution in [0.5, 0.6) is 0 Å². The van der Waals surface area contributed by atoms with Crippen LogP contribution in [0, 0.1) is 5.92 Å². The molecule has 1 aliphatic heterocycles. The van der Waals surface area contributed by atoms with E-state index in [1.165, 1.54) is 4.90 Å². The van der Waals surface area contributed by atoms with Crippen molar-refractivity contribution in [3.63, 3.8) is 0 Å². The highest BCUT2D eigenvalue weighted by atomic mass is 16.4. The molecule has 8 heteroatoms. The third kappa shape index (κ3) is 3.94. The quantitative estimate of drug-likeness (QED) is 0.631. The predicted octanol–water partition coefficient (Wildman–Crippen LogP) is -1.15. The molecular weight excluding hydrogens is 256 g/mol. The van der Waals surface area contributed by atoms with E-state index in [9.17, 15) is 19.2 Å². The maximum Gasteiger partial charge on any atom is 0.323 e. The van der Waals surface area contributed by atoms with E-state index in [0.29, 0.717) is 6.54 Å². The second-order valence-corrected chi connectivity index (χ2v) is 4.32.